The highest BCUT2D eigenvalue weighted by Crippen LogP contribution is 2.54. The lowest BCUT2D eigenvalue weighted by Crippen LogP contribution is -1.82. The van der Waals surface area contributed by atoms with Gasteiger partial charge < -0.3 is 4.74 Å². The first-order chi connectivity index (χ1) is 7.81. The van der Waals surface area contributed by atoms with Crippen LogP contribution in [0.2, 0.25) is 0 Å². The van der Waals surface area contributed by atoms with E-state index in [0.717, 1.165) is 0 Å². The molecule has 0 fully saturated rings. The summed E-state index contributed by atoms with van der Waals surface area (Å²) < 4.78 is 5.01. The number of isocyanates is 2. The van der Waals surface area contributed by atoms with Gasteiger partial charge in [-0.3, -0.25) is 0 Å². The third-order valence-electron chi connectivity index (χ3n) is 1.99. The molecular weight excluding hydrogens is 212 g/mol. The van der Waals surface area contributed by atoms with Crippen LogP contribution >= 0.6 is 0 Å². The van der Waals surface area contributed by atoms with E-state index >= 15 is 0 Å². The molecule has 7 nitrogen and oxygen atoms in total. The van der Waals surface area contributed by atoms with Gasteiger partial charge in [-0.25, -0.2) is 9.59 Å². The van der Waals surface area contributed by atoms with Gasteiger partial charge in [-0.2, -0.15) is 9.98 Å². The van der Waals surface area contributed by atoms with Crippen molar-refractivity contribution in [2.75, 3.05) is 7.11 Å². The second kappa shape index (κ2) is 3.86. The molecule has 0 saturated carbocycles. The van der Waals surface area contributed by atoms with Crippen LogP contribution in [0.4, 0.5) is 22.7 Å². The average molecular weight is 216 g/mol. The summed E-state index contributed by atoms with van der Waals surface area (Å²) in [7, 11) is 1.42. The van der Waals surface area contributed by atoms with Crippen LogP contribution in [-0.4, -0.2) is 19.3 Å². The van der Waals surface area contributed by atoms with Crippen LogP contribution in [-0.2, 0) is 9.59 Å². The van der Waals surface area contributed by atoms with Gasteiger partial charge in [0.2, 0.25) is 12.2 Å². The van der Waals surface area contributed by atoms with Crippen LogP contribution in [0.25, 0.3) is 0 Å². The fourth-order valence-electron chi connectivity index (χ4n) is 1.35. The highest BCUT2D eigenvalue weighted by atomic mass is 16.5. The summed E-state index contributed by atoms with van der Waals surface area (Å²) in [6.45, 7) is 0. The Hall–Kier alpha value is -2.62. The topological polar surface area (TPSA) is 92.8 Å². The number of ether oxygens (including phenoxy) is 1. The number of hydrogen-bond acceptors (Lipinski definition) is 7. The molecule has 0 atom stereocenters. The molecule has 2 bridgehead atoms. The van der Waals surface area contributed by atoms with E-state index in [4.69, 9.17) is 4.74 Å². The second-order valence-electron chi connectivity index (χ2n) is 2.75. The van der Waals surface area contributed by atoms with E-state index in [1.165, 1.54) is 25.3 Å². The minimum absolute atomic E-state index is 0.198. The Morgan fingerprint density at radius 2 is 1.88 bits per heavy atom. The zero-order valence-corrected chi connectivity index (χ0v) is 8.09. The predicted molar refractivity (Wildman–Crippen MR) is 52.7 cm³/mol. The Morgan fingerprint density at radius 1 is 1.19 bits per heavy atom. The zero-order chi connectivity index (χ0) is 11.5. The maximum Gasteiger partial charge on any atom is 0.240 e. The fraction of sp³-hybridized carbons (Fsp3) is 0.111. The van der Waals surface area contributed by atoms with Gasteiger partial charge in [0.05, 0.1) is 7.11 Å². The van der Waals surface area contributed by atoms with Crippen LogP contribution in [0, 0.1) is 0 Å². The molecule has 0 spiro atoms. The molecule has 1 aromatic rings. The van der Waals surface area contributed by atoms with Crippen molar-refractivity contribution in [3.8, 4) is 5.75 Å². The van der Waals surface area contributed by atoms with Gasteiger partial charge in [0.1, 0.15) is 17.1 Å². The SMILES string of the molecule is COc1cc(N=C=O)c2c(N=C=O)c1N=N2. The standard InChI is InChI=1S/C9H4N4O3/c1-16-6-2-5(10-3-14)7-9(11-4-15)8(6)13-12-7/h2H,1H3. The maximum atomic E-state index is 10.3. The highest BCUT2D eigenvalue weighted by Gasteiger charge is 2.23. The molecular formula is C9H4N4O3. The molecule has 7 heteroatoms. The van der Waals surface area contributed by atoms with Gasteiger partial charge >= 0.3 is 0 Å². The molecule has 2 rings (SSSR count). The first-order valence-corrected chi connectivity index (χ1v) is 4.14. The third kappa shape index (κ3) is 1.33. The molecule has 1 aliphatic heterocycles. The molecule has 0 unspecified atom stereocenters. The van der Waals surface area contributed by atoms with E-state index in [0.29, 0.717) is 11.4 Å². The lowest BCUT2D eigenvalue weighted by Gasteiger charge is -2.03. The molecule has 0 saturated heterocycles. The van der Waals surface area contributed by atoms with Crippen LogP contribution < -0.4 is 4.74 Å². The molecule has 0 N–H and O–H groups in total. The summed E-state index contributed by atoms with van der Waals surface area (Å²) in [5.41, 5.74) is 0.961. The first-order valence-electron chi connectivity index (χ1n) is 4.14. The normalized spacial score (nSPS) is 10.6. The number of hydrogen-bond donors (Lipinski definition) is 0. The Morgan fingerprint density at radius 3 is 2.50 bits per heavy atom. The van der Waals surface area contributed by atoms with E-state index in [9.17, 15) is 9.59 Å². The summed E-state index contributed by atoms with van der Waals surface area (Å²) in [5, 5.41) is 7.52. The molecule has 0 aliphatic carbocycles. The summed E-state index contributed by atoms with van der Waals surface area (Å²) in [6.07, 6.45) is 2.77. The molecule has 0 aromatic heterocycles. The van der Waals surface area contributed by atoms with Crippen molar-refractivity contribution in [3.05, 3.63) is 6.07 Å². The van der Waals surface area contributed by atoms with Gasteiger partial charge in [0.25, 0.3) is 0 Å². The number of aliphatic imine (C=N–C) groups is 2. The van der Waals surface area contributed by atoms with Crippen molar-refractivity contribution in [2.24, 2.45) is 20.2 Å². The molecule has 0 amide bonds. The van der Waals surface area contributed by atoms with Crippen molar-refractivity contribution in [1.82, 2.24) is 0 Å². The van der Waals surface area contributed by atoms with E-state index in [-0.39, 0.29) is 17.1 Å². The second-order valence-corrected chi connectivity index (χ2v) is 2.75. The van der Waals surface area contributed by atoms with Gasteiger partial charge in [-0.1, -0.05) is 0 Å². The molecule has 16 heavy (non-hydrogen) atoms. The molecule has 1 aromatic carbocycles. The Balaban J connectivity index is 2.79. The zero-order valence-electron chi connectivity index (χ0n) is 8.09. The third-order valence-corrected chi connectivity index (χ3v) is 1.99. The van der Waals surface area contributed by atoms with E-state index in [1.54, 1.807) is 0 Å². The van der Waals surface area contributed by atoms with Crippen molar-refractivity contribution in [1.29, 1.82) is 0 Å². The number of azo groups is 1. The molecule has 1 aliphatic rings. The lowest BCUT2D eigenvalue weighted by atomic mass is 10.2. The van der Waals surface area contributed by atoms with Crippen molar-refractivity contribution in [3.63, 3.8) is 0 Å². The van der Waals surface area contributed by atoms with E-state index in [1.807, 2.05) is 0 Å². The van der Waals surface area contributed by atoms with Crippen LogP contribution in [0.3, 0.4) is 0 Å². The van der Waals surface area contributed by atoms with Gasteiger partial charge in [0.15, 0.2) is 11.4 Å². The van der Waals surface area contributed by atoms with Gasteiger partial charge in [-0.15, -0.1) is 10.2 Å². The number of benzene rings is 1. The fourth-order valence-corrected chi connectivity index (χ4v) is 1.35. The van der Waals surface area contributed by atoms with E-state index in [2.05, 4.69) is 20.2 Å². The van der Waals surface area contributed by atoms with Gasteiger partial charge in [-0.05, 0) is 0 Å². The molecule has 1 heterocycles. The average Bonchev–Trinajstić information content (AvgIpc) is 2.59. The molecule has 0 radical (unpaired) electrons. The van der Waals surface area contributed by atoms with Crippen molar-refractivity contribution >= 4 is 34.9 Å². The van der Waals surface area contributed by atoms with Crippen molar-refractivity contribution in [2.45, 2.75) is 0 Å². The smallest absolute Gasteiger partial charge is 0.240 e. The van der Waals surface area contributed by atoms with Crippen molar-refractivity contribution < 1.29 is 14.3 Å². The summed E-state index contributed by atoms with van der Waals surface area (Å²) in [5.74, 6) is 0.327. The minimum atomic E-state index is 0.198. The first kappa shape index (κ1) is 9.92. The lowest BCUT2D eigenvalue weighted by molar-refractivity contribution is 0.416. The largest absolute Gasteiger partial charge is 0.494 e. The minimum Gasteiger partial charge on any atom is -0.494 e. The van der Waals surface area contributed by atoms with E-state index < -0.39 is 0 Å². The number of nitrogens with zero attached hydrogens (tertiary/aromatic N) is 4. The van der Waals surface area contributed by atoms with Crippen LogP contribution in [0.15, 0.2) is 26.3 Å². The Bertz CT molecular complexity index is 581. The Labute approximate surface area is 89.2 Å². The van der Waals surface area contributed by atoms with Crippen LogP contribution in [0.1, 0.15) is 0 Å². The van der Waals surface area contributed by atoms with Crippen LogP contribution in [0.5, 0.6) is 5.75 Å². The highest BCUT2D eigenvalue weighted by molar-refractivity contribution is 5.92. The maximum absolute atomic E-state index is 10.3. The van der Waals surface area contributed by atoms with Gasteiger partial charge in [0, 0.05) is 6.07 Å². The summed E-state index contributed by atoms with van der Waals surface area (Å²) in [4.78, 5) is 27.4. The summed E-state index contributed by atoms with van der Waals surface area (Å²) in [6, 6.07) is 1.47. The number of fused-ring (bicyclic) bond motifs is 2. The quantitative estimate of drug-likeness (QED) is 0.582. The number of methoxy groups -OCH3 is 1. The summed E-state index contributed by atoms with van der Waals surface area (Å²) >= 11 is 0. The Kier molecular flexibility index (Phi) is 2.39. The molecule has 78 valence electrons. The number of carbonyl (C=O) groups excluding carboxylic acids is 2. The number of rotatable bonds is 3. The predicted octanol–water partition coefficient (Wildman–Crippen LogP) is 2.36. The monoisotopic (exact) mass is 216 g/mol.